The number of ether oxygens (including phenoxy) is 1. The van der Waals surface area contributed by atoms with Crippen LogP contribution in [0.1, 0.15) is 24.8 Å². The van der Waals surface area contributed by atoms with Gasteiger partial charge >= 0.3 is 5.97 Å². The minimum Gasteiger partial charge on any atom is -0.465 e. The highest BCUT2D eigenvalue weighted by Gasteiger charge is 2.41. The van der Waals surface area contributed by atoms with Gasteiger partial charge in [-0.1, -0.05) is 30.4 Å². The first kappa shape index (κ1) is 13.6. The fraction of sp³-hybridized carbons (Fsp3) is 0.333. The van der Waals surface area contributed by atoms with Crippen molar-refractivity contribution in [2.24, 2.45) is 0 Å². The van der Waals surface area contributed by atoms with Gasteiger partial charge in [-0.15, -0.1) is 11.8 Å². The number of fused-ring (bicyclic) bond motifs is 3. The highest BCUT2D eigenvalue weighted by molar-refractivity contribution is 8.00. The van der Waals surface area contributed by atoms with Crippen molar-refractivity contribution in [1.82, 2.24) is 0 Å². The quantitative estimate of drug-likeness (QED) is 0.630. The minimum absolute atomic E-state index is 0.128. The molecule has 0 amide bonds. The second kappa shape index (κ2) is 5.58. The molecule has 0 bridgehead atoms. The molecule has 104 valence electrons. The standard InChI is InChI=1S/C15H16NO2S2/c1-3-18-15(17)13-10(2)20-12-7-5-4-6-11(12)16-8-9-19-14(13)16/h4-10,13H,3H2,1-2H3/q+1. The molecule has 0 aliphatic carbocycles. The first-order chi connectivity index (χ1) is 9.72. The van der Waals surface area contributed by atoms with Crippen molar-refractivity contribution in [3.05, 3.63) is 40.8 Å². The summed E-state index contributed by atoms with van der Waals surface area (Å²) >= 11 is 3.36. The summed E-state index contributed by atoms with van der Waals surface area (Å²) in [5, 5.41) is 3.23. The highest BCUT2D eigenvalue weighted by Crippen LogP contribution is 2.39. The number of aromatic nitrogens is 1. The number of carbonyl (C=O) groups excluding carboxylic acids is 1. The molecular weight excluding hydrogens is 290 g/mol. The van der Waals surface area contributed by atoms with Gasteiger partial charge in [0.15, 0.2) is 12.1 Å². The number of para-hydroxylation sites is 1. The Morgan fingerprint density at radius 2 is 2.20 bits per heavy atom. The third-order valence-corrected chi connectivity index (χ3v) is 5.54. The van der Waals surface area contributed by atoms with E-state index in [0.717, 1.165) is 10.7 Å². The van der Waals surface area contributed by atoms with Crippen molar-refractivity contribution >= 4 is 29.1 Å². The van der Waals surface area contributed by atoms with Crippen LogP contribution < -0.4 is 4.57 Å². The number of hydrogen-bond donors (Lipinski definition) is 0. The Hall–Kier alpha value is -1.33. The van der Waals surface area contributed by atoms with Gasteiger partial charge < -0.3 is 4.74 Å². The van der Waals surface area contributed by atoms with Gasteiger partial charge in [-0.2, -0.15) is 4.57 Å². The molecule has 2 aromatic rings. The van der Waals surface area contributed by atoms with Gasteiger partial charge in [0, 0.05) is 11.3 Å². The van der Waals surface area contributed by atoms with Crippen LogP contribution in [0.15, 0.2) is 40.7 Å². The molecule has 2 unspecified atom stereocenters. The van der Waals surface area contributed by atoms with E-state index in [1.165, 1.54) is 4.90 Å². The van der Waals surface area contributed by atoms with Crippen LogP contribution in [0.3, 0.4) is 0 Å². The molecule has 1 aliphatic heterocycles. The number of esters is 1. The summed E-state index contributed by atoms with van der Waals surface area (Å²) in [6.07, 6.45) is 2.03. The summed E-state index contributed by atoms with van der Waals surface area (Å²) in [5.41, 5.74) is 1.15. The van der Waals surface area contributed by atoms with Gasteiger partial charge in [-0.05, 0) is 13.0 Å². The summed E-state index contributed by atoms with van der Waals surface area (Å²) in [5.74, 6) is -0.344. The zero-order chi connectivity index (χ0) is 14.1. The molecule has 2 heterocycles. The lowest BCUT2D eigenvalue weighted by Crippen LogP contribution is -2.37. The van der Waals surface area contributed by atoms with Crippen molar-refractivity contribution in [3.63, 3.8) is 0 Å². The SMILES string of the molecule is CCOC(=O)C1c2scc[n+]2-c2ccccc2SC1C. The van der Waals surface area contributed by atoms with Gasteiger partial charge in [0.25, 0.3) is 5.01 Å². The predicted molar refractivity (Wildman–Crippen MR) is 80.5 cm³/mol. The van der Waals surface area contributed by atoms with E-state index in [9.17, 15) is 4.79 Å². The van der Waals surface area contributed by atoms with E-state index in [-0.39, 0.29) is 17.1 Å². The Kier molecular flexibility index (Phi) is 3.81. The number of nitrogens with zero attached hydrogens (tertiary/aromatic N) is 1. The Bertz CT molecular complexity index is 638. The molecule has 0 spiro atoms. The number of hydrogen-bond acceptors (Lipinski definition) is 4. The molecule has 5 heteroatoms. The van der Waals surface area contributed by atoms with E-state index in [1.54, 1.807) is 23.1 Å². The summed E-state index contributed by atoms with van der Waals surface area (Å²) in [6.45, 7) is 4.37. The molecule has 0 radical (unpaired) electrons. The van der Waals surface area contributed by atoms with Gasteiger partial charge in [0.2, 0.25) is 5.69 Å². The maximum Gasteiger partial charge on any atom is 0.321 e. The van der Waals surface area contributed by atoms with Crippen LogP contribution in [0.2, 0.25) is 0 Å². The molecule has 0 saturated heterocycles. The molecule has 3 nitrogen and oxygen atoms in total. The van der Waals surface area contributed by atoms with E-state index in [0.29, 0.717) is 6.61 Å². The molecule has 1 aromatic carbocycles. The van der Waals surface area contributed by atoms with E-state index in [4.69, 9.17) is 4.74 Å². The molecule has 20 heavy (non-hydrogen) atoms. The van der Waals surface area contributed by atoms with E-state index in [1.807, 2.05) is 30.6 Å². The summed E-state index contributed by atoms with van der Waals surface area (Å²) in [4.78, 5) is 13.5. The van der Waals surface area contributed by atoms with Crippen molar-refractivity contribution < 1.29 is 14.1 Å². The zero-order valence-corrected chi connectivity index (χ0v) is 13.0. The third kappa shape index (κ3) is 2.25. The Labute approximate surface area is 126 Å². The largest absolute Gasteiger partial charge is 0.465 e. The lowest BCUT2D eigenvalue weighted by molar-refractivity contribution is -0.601. The first-order valence-electron chi connectivity index (χ1n) is 6.64. The van der Waals surface area contributed by atoms with Crippen LogP contribution >= 0.6 is 23.1 Å². The number of rotatable bonds is 2. The number of thiazole rings is 1. The van der Waals surface area contributed by atoms with Crippen LogP contribution in [0.4, 0.5) is 0 Å². The average Bonchev–Trinajstić information content (AvgIpc) is 2.84. The van der Waals surface area contributed by atoms with Crippen molar-refractivity contribution in [1.29, 1.82) is 0 Å². The summed E-state index contributed by atoms with van der Waals surface area (Å²) in [6, 6.07) is 8.27. The lowest BCUT2D eigenvalue weighted by Gasteiger charge is -2.15. The zero-order valence-electron chi connectivity index (χ0n) is 11.4. The molecule has 0 fully saturated rings. The maximum absolute atomic E-state index is 12.3. The number of thioether (sulfide) groups is 1. The minimum atomic E-state index is -0.215. The van der Waals surface area contributed by atoms with Crippen LogP contribution in [0, 0.1) is 0 Å². The molecule has 0 N–H and O–H groups in total. The number of carbonyl (C=O) groups is 1. The molecule has 3 rings (SSSR count). The normalized spacial score (nSPS) is 20.7. The molecule has 2 atom stereocenters. The first-order valence-corrected chi connectivity index (χ1v) is 8.40. The van der Waals surface area contributed by atoms with Crippen LogP contribution in [-0.4, -0.2) is 17.8 Å². The Morgan fingerprint density at radius 3 is 3.00 bits per heavy atom. The summed E-state index contributed by atoms with van der Waals surface area (Å²) in [7, 11) is 0. The second-order valence-corrected chi connectivity index (χ2v) is 6.98. The van der Waals surface area contributed by atoms with Gasteiger partial charge in [0.1, 0.15) is 0 Å². The van der Waals surface area contributed by atoms with Crippen LogP contribution in [-0.2, 0) is 9.53 Å². The summed E-state index contributed by atoms with van der Waals surface area (Å²) < 4.78 is 7.40. The average molecular weight is 306 g/mol. The molecule has 1 aliphatic rings. The molecule has 1 aromatic heterocycles. The van der Waals surface area contributed by atoms with Gasteiger partial charge in [0.05, 0.1) is 16.9 Å². The van der Waals surface area contributed by atoms with Gasteiger partial charge in [-0.3, -0.25) is 4.79 Å². The maximum atomic E-state index is 12.3. The monoisotopic (exact) mass is 306 g/mol. The van der Waals surface area contributed by atoms with Crippen molar-refractivity contribution in [2.75, 3.05) is 6.61 Å². The topological polar surface area (TPSA) is 30.2 Å². The van der Waals surface area contributed by atoms with Crippen LogP contribution in [0.5, 0.6) is 0 Å². The number of benzene rings is 1. The molecular formula is C15H16NO2S2+. The van der Waals surface area contributed by atoms with Crippen molar-refractivity contribution in [3.8, 4) is 5.69 Å². The highest BCUT2D eigenvalue weighted by atomic mass is 32.2. The van der Waals surface area contributed by atoms with E-state index < -0.39 is 0 Å². The van der Waals surface area contributed by atoms with E-state index >= 15 is 0 Å². The fourth-order valence-electron chi connectivity index (χ4n) is 2.46. The molecule has 0 saturated carbocycles. The van der Waals surface area contributed by atoms with Crippen LogP contribution in [0.25, 0.3) is 5.69 Å². The lowest BCUT2D eigenvalue weighted by atomic mass is 10.1. The van der Waals surface area contributed by atoms with E-state index in [2.05, 4.69) is 23.6 Å². The fourth-order valence-corrected chi connectivity index (χ4v) is 4.81. The Balaban J connectivity index is 2.12. The van der Waals surface area contributed by atoms with Crippen molar-refractivity contribution in [2.45, 2.75) is 29.9 Å². The third-order valence-electron chi connectivity index (χ3n) is 3.35. The second-order valence-electron chi connectivity index (χ2n) is 4.63. The Morgan fingerprint density at radius 1 is 1.40 bits per heavy atom. The predicted octanol–water partition coefficient (Wildman–Crippen LogP) is 3.17. The van der Waals surface area contributed by atoms with Gasteiger partial charge in [-0.25, -0.2) is 0 Å². The smallest absolute Gasteiger partial charge is 0.321 e.